The van der Waals surface area contributed by atoms with Crippen molar-refractivity contribution in [3.63, 3.8) is 0 Å². The fourth-order valence-electron chi connectivity index (χ4n) is 3.19. The lowest BCUT2D eigenvalue weighted by atomic mass is 10.1. The van der Waals surface area contributed by atoms with E-state index in [4.69, 9.17) is 8.85 Å². The minimum Gasteiger partial charge on any atom is -0.467 e. The molecule has 1 N–H and O–H groups in total. The molecular weight excluding hydrogens is 378 g/mol. The summed E-state index contributed by atoms with van der Waals surface area (Å²) in [4.78, 5) is 13.7. The van der Waals surface area contributed by atoms with Crippen LogP contribution in [0.15, 0.2) is 0 Å². The van der Waals surface area contributed by atoms with Crippen molar-refractivity contribution in [2.24, 2.45) is 0 Å². The van der Waals surface area contributed by atoms with Crippen molar-refractivity contribution in [1.29, 1.82) is 0 Å². The first-order valence-corrected chi connectivity index (χ1v) is 16.9. The highest BCUT2D eigenvalue weighted by Crippen LogP contribution is 2.13. The zero-order valence-electron chi connectivity index (χ0n) is 19.0. The second-order valence-electron chi connectivity index (χ2n) is 9.38. The number of aliphatic hydroxyl groups is 1. The van der Waals surface area contributed by atoms with E-state index in [0.717, 1.165) is 32.5 Å². The summed E-state index contributed by atoms with van der Waals surface area (Å²) in [5.74, 6) is -0.554. The summed E-state index contributed by atoms with van der Waals surface area (Å²) in [7, 11) is -1.84. The Kier molecular flexibility index (Phi) is 12.2. The number of hydrogen-bond acceptors (Lipinski definition) is 6. The van der Waals surface area contributed by atoms with E-state index in [-0.39, 0.29) is 12.2 Å². The fourth-order valence-corrected chi connectivity index (χ4v) is 5.76. The van der Waals surface area contributed by atoms with Gasteiger partial charge in [0.2, 0.25) is 0 Å². The molecule has 0 bridgehead atoms. The van der Waals surface area contributed by atoms with E-state index < -0.39 is 28.7 Å². The van der Waals surface area contributed by atoms with E-state index in [0.29, 0.717) is 6.42 Å². The molecule has 0 amide bonds. The van der Waals surface area contributed by atoms with E-state index in [1.807, 2.05) is 0 Å². The lowest BCUT2D eigenvalue weighted by Crippen LogP contribution is -2.43. The number of nitrogens with zero attached hydrogens (tertiary/aromatic N) is 1. The molecule has 3 atom stereocenters. The van der Waals surface area contributed by atoms with E-state index in [2.05, 4.69) is 62.8 Å². The third kappa shape index (κ3) is 15.4. The van der Waals surface area contributed by atoms with Crippen LogP contribution in [0.3, 0.4) is 0 Å². The maximum atomic E-state index is 11.3. The van der Waals surface area contributed by atoms with Crippen LogP contribution in [0.1, 0.15) is 33.1 Å². The van der Waals surface area contributed by atoms with E-state index in [9.17, 15) is 9.90 Å². The standard InChI is InChI=1S/C19H43NO5Si2/c1-16(24-26(4,5)6)14-20(15-17(2)25-27(7,8)9)13-11-10-12-18(21)19(22)23-3/h16-18,21H,10-15H2,1-9H3/t16-,17-,18?/m1/s1. The predicted molar refractivity (Wildman–Crippen MR) is 116 cm³/mol. The number of esters is 1. The number of carbonyl (C=O) groups is 1. The van der Waals surface area contributed by atoms with Crippen LogP contribution in [0.4, 0.5) is 0 Å². The Balaban J connectivity index is 4.61. The Morgan fingerprint density at radius 2 is 1.37 bits per heavy atom. The molecule has 1 unspecified atom stereocenters. The van der Waals surface area contributed by atoms with Gasteiger partial charge >= 0.3 is 5.97 Å². The minimum atomic E-state index is -1.57. The smallest absolute Gasteiger partial charge is 0.334 e. The first kappa shape index (κ1) is 26.7. The quantitative estimate of drug-likeness (QED) is 0.263. The number of carbonyl (C=O) groups excluding carboxylic acids is 1. The Hall–Kier alpha value is -0.256. The number of hydrogen-bond donors (Lipinski definition) is 1. The Bertz CT molecular complexity index is 399. The van der Waals surface area contributed by atoms with Crippen molar-refractivity contribution in [1.82, 2.24) is 4.90 Å². The molecule has 0 aliphatic rings. The molecule has 8 heteroatoms. The Labute approximate surface area is 168 Å². The summed E-state index contributed by atoms with van der Waals surface area (Å²) in [6.07, 6.45) is 1.45. The minimum absolute atomic E-state index is 0.177. The van der Waals surface area contributed by atoms with Crippen molar-refractivity contribution >= 4 is 22.6 Å². The van der Waals surface area contributed by atoms with Crippen LogP contribution < -0.4 is 0 Å². The highest BCUT2D eigenvalue weighted by Gasteiger charge is 2.23. The maximum absolute atomic E-state index is 11.3. The van der Waals surface area contributed by atoms with Crippen molar-refractivity contribution in [2.45, 2.75) is 90.7 Å². The van der Waals surface area contributed by atoms with Crippen LogP contribution >= 0.6 is 0 Å². The highest BCUT2D eigenvalue weighted by molar-refractivity contribution is 6.70. The topological polar surface area (TPSA) is 68.2 Å². The fraction of sp³-hybridized carbons (Fsp3) is 0.947. The van der Waals surface area contributed by atoms with Crippen LogP contribution in [0.2, 0.25) is 39.3 Å². The van der Waals surface area contributed by atoms with Crippen LogP contribution in [-0.4, -0.2) is 77.7 Å². The SMILES string of the molecule is COC(=O)C(O)CCCCN(C[C@@H](C)O[Si](C)(C)C)C[C@@H](C)O[Si](C)(C)C. The van der Waals surface area contributed by atoms with Crippen molar-refractivity contribution < 1.29 is 23.5 Å². The van der Waals surface area contributed by atoms with Gasteiger partial charge in [-0.15, -0.1) is 0 Å². The van der Waals surface area contributed by atoms with Gasteiger partial charge in [-0.1, -0.05) is 0 Å². The van der Waals surface area contributed by atoms with Gasteiger partial charge in [-0.25, -0.2) is 4.79 Å². The van der Waals surface area contributed by atoms with Gasteiger partial charge in [0, 0.05) is 13.1 Å². The second-order valence-corrected chi connectivity index (χ2v) is 18.3. The average Bonchev–Trinajstić information content (AvgIpc) is 2.46. The molecular formula is C19H43NO5Si2. The molecule has 0 aromatic carbocycles. The van der Waals surface area contributed by atoms with Crippen LogP contribution in [-0.2, 0) is 18.4 Å². The second kappa shape index (κ2) is 12.3. The lowest BCUT2D eigenvalue weighted by Gasteiger charge is -2.33. The van der Waals surface area contributed by atoms with Gasteiger partial charge in [-0.2, -0.15) is 0 Å². The molecule has 0 rings (SSSR count). The van der Waals surface area contributed by atoms with Crippen molar-refractivity contribution in [3.8, 4) is 0 Å². The van der Waals surface area contributed by atoms with Gasteiger partial charge in [0.1, 0.15) is 0 Å². The summed E-state index contributed by atoms with van der Waals surface area (Å²) in [6.45, 7) is 20.1. The zero-order chi connectivity index (χ0) is 21.3. The molecule has 27 heavy (non-hydrogen) atoms. The van der Waals surface area contributed by atoms with Crippen molar-refractivity contribution in [2.75, 3.05) is 26.7 Å². The van der Waals surface area contributed by atoms with Crippen LogP contribution in [0, 0.1) is 0 Å². The van der Waals surface area contributed by atoms with Gasteiger partial charge in [0.25, 0.3) is 0 Å². The Morgan fingerprint density at radius 3 is 1.74 bits per heavy atom. The molecule has 0 radical (unpaired) electrons. The normalized spacial score (nSPS) is 16.3. The first-order valence-electron chi connectivity index (χ1n) is 10.1. The molecule has 0 aromatic heterocycles. The van der Waals surface area contributed by atoms with E-state index >= 15 is 0 Å². The number of aliphatic hydroxyl groups excluding tert-OH is 1. The van der Waals surface area contributed by atoms with Gasteiger partial charge in [0.05, 0.1) is 19.3 Å². The highest BCUT2D eigenvalue weighted by atomic mass is 28.4. The average molecular weight is 422 g/mol. The Morgan fingerprint density at radius 1 is 0.926 bits per heavy atom. The molecule has 6 nitrogen and oxygen atoms in total. The molecule has 162 valence electrons. The summed E-state index contributed by atoms with van der Waals surface area (Å²) in [5, 5.41) is 9.71. The van der Waals surface area contributed by atoms with E-state index in [1.54, 1.807) is 0 Å². The summed E-state index contributed by atoms with van der Waals surface area (Å²) in [5.41, 5.74) is 0. The zero-order valence-corrected chi connectivity index (χ0v) is 21.0. The molecule has 0 spiro atoms. The first-order chi connectivity index (χ1) is 12.2. The molecule has 0 aliphatic heterocycles. The van der Waals surface area contributed by atoms with Gasteiger partial charge in [0.15, 0.2) is 22.7 Å². The number of rotatable bonds is 14. The molecule has 0 saturated heterocycles. The summed E-state index contributed by atoms with van der Waals surface area (Å²) < 4.78 is 17.0. The largest absolute Gasteiger partial charge is 0.467 e. The molecule has 0 heterocycles. The van der Waals surface area contributed by atoms with Gasteiger partial charge in [-0.05, 0) is 78.9 Å². The molecule has 0 saturated carbocycles. The summed E-state index contributed by atoms with van der Waals surface area (Å²) in [6, 6.07) is 0. The number of ether oxygens (including phenoxy) is 1. The van der Waals surface area contributed by atoms with Crippen LogP contribution in [0.25, 0.3) is 0 Å². The predicted octanol–water partition coefficient (Wildman–Crippen LogP) is 3.47. The number of unbranched alkanes of at least 4 members (excludes halogenated alkanes) is 1. The molecule has 0 fully saturated rings. The van der Waals surface area contributed by atoms with Gasteiger partial charge < -0.3 is 18.7 Å². The monoisotopic (exact) mass is 421 g/mol. The molecule has 0 aliphatic carbocycles. The van der Waals surface area contributed by atoms with E-state index in [1.165, 1.54) is 7.11 Å². The summed E-state index contributed by atoms with van der Waals surface area (Å²) >= 11 is 0. The van der Waals surface area contributed by atoms with Crippen molar-refractivity contribution in [3.05, 3.63) is 0 Å². The third-order valence-corrected chi connectivity index (χ3v) is 6.03. The lowest BCUT2D eigenvalue weighted by molar-refractivity contribution is -0.150. The molecule has 0 aromatic rings. The van der Waals surface area contributed by atoms with Crippen LogP contribution in [0.5, 0.6) is 0 Å². The van der Waals surface area contributed by atoms with Gasteiger partial charge in [-0.3, -0.25) is 4.90 Å². The third-order valence-electron chi connectivity index (χ3n) is 3.82. The maximum Gasteiger partial charge on any atom is 0.334 e. The number of methoxy groups -OCH3 is 1.